The molecule has 7 heteroatoms. The van der Waals surface area contributed by atoms with Crippen LogP contribution in [-0.2, 0) is 9.53 Å². The maximum Gasteiger partial charge on any atom is 0.230 e. The molecular formula is C25H35ClN2O4. The second-order valence-corrected chi connectivity index (χ2v) is 10.9. The standard InChI is InChI=1S/C25H35ClN2O4/c1-3-31-21-11-20(28-5-7-30-8-6-28)22(32-4-2)10-19(21)27-23(29)24-12-17-9-18(13-24)15-25(26,14-17)16-24/h10-11,17-18H,3-9,12-16H2,1-2H3,(H,27,29). The SMILES string of the molecule is CCOc1cc(N2CCOCC2)c(OCC)cc1NC(=O)C12CC3CC(CC(Cl)(C3)C1)C2. The minimum atomic E-state index is -0.357. The number of morpholine rings is 1. The van der Waals surface area contributed by atoms with E-state index in [1.54, 1.807) is 0 Å². The Labute approximate surface area is 195 Å². The first-order valence-corrected chi connectivity index (χ1v) is 12.6. The van der Waals surface area contributed by atoms with Crippen LogP contribution in [0.3, 0.4) is 0 Å². The number of benzene rings is 1. The van der Waals surface area contributed by atoms with Gasteiger partial charge in [-0.05, 0) is 64.2 Å². The first-order chi connectivity index (χ1) is 15.4. The molecule has 2 unspecified atom stereocenters. The van der Waals surface area contributed by atoms with E-state index in [1.165, 1.54) is 6.42 Å². The van der Waals surface area contributed by atoms with E-state index in [0.29, 0.717) is 49.7 Å². The molecule has 0 spiro atoms. The summed E-state index contributed by atoms with van der Waals surface area (Å²) in [5.41, 5.74) is 1.33. The Kier molecular flexibility index (Phi) is 5.95. The highest BCUT2D eigenvalue weighted by molar-refractivity contribution is 6.24. The van der Waals surface area contributed by atoms with Gasteiger partial charge in [0.25, 0.3) is 0 Å². The maximum absolute atomic E-state index is 13.7. The van der Waals surface area contributed by atoms with E-state index in [0.717, 1.165) is 56.6 Å². The maximum atomic E-state index is 13.7. The van der Waals surface area contributed by atoms with Crippen molar-refractivity contribution in [2.75, 3.05) is 49.7 Å². The van der Waals surface area contributed by atoms with Crippen molar-refractivity contribution in [1.29, 1.82) is 0 Å². The van der Waals surface area contributed by atoms with Crippen LogP contribution in [0.2, 0.25) is 0 Å². The Hall–Kier alpha value is -1.66. The van der Waals surface area contributed by atoms with E-state index >= 15 is 0 Å². The van der Waals surface area contributed by atoms with Gasteiger partial charge in [0.1, 0.15) is 11.5 Å². The van der Waals surface area contributed by atoms with E-state index in [-0.39, 0.29) is 16.2 Å². The lowest BCUT2D eigenvalue weighted by Gasteiger charge is -2.59. The third kappa shape index (κ3) is 4.05. The van der Waals surface area contributed by atoms with Gasteiger partial charge in [-0.15, -0.1) is 11.6 Å². The molecule has 1 N–H and O–H groups in total. The fraction of sp³-hybridized carbons (Fsp3) is 0.720. The number of nitrogens with one attached hydrogen (secondary N) is 1. The summed E-state index contributed by atoms with van der Waals surface area (Å²) in [7, 11) is 0. The van der Waals surface area contributed by atoms with Gasteiger partial charge in [0.05, 0.1) is 43.2 Å². The predicted octanol–water partition coefficient (Wildman–Crippen LogP) is 4.84. The molecule has 4 aliphatic carbocycles. The van der Waals surface area contributed by atoms with E-state index in [9.17, 15) is 4.79 Å². The highest BCUT2D eigenvalue weighted by Gasteiger charge is 2.60. The van der Waals surface area contributed by atoms with E-state index < -0.39 is 0 Å². The molecule has 0 radical (unpaired) electrons. The molecule has 1 saturated heterocycles. The van der Waals surface area contributed by atoms with Crippen molar-refractivity contribution in [1.82, 2.24) is 0 Å². The van der Waals surface area contributed by atoms with Crippen LogP contribution in [-0.4, -0.2) is 50.3 Å². The molecule has 1 amide bonds. The van der Waals surface area contributed by atoms with Crippen LogP contribution in [0.1, 0.15) is 52.4 Å². The minimum Gasteiger partial charge on any atom is -0.492 e. The molecule has 0 aromatic heterocycles. The predicted molar refractivity (Wildman–Crippen MR) is 126 cm³/mol. The highest BCUT2D eigenvalue weighted by Crippen LogP contribution is 2.64. The van der Waals surface area contributed by atoms with Gasteiger partial charge in [-0.2, -0.15) is 0 Å². The normalized spacial score (nSPS) is 33.3. The van der Waals surface area contributed by atoms with Crippen molar-refractivity contribution in [3.05, 3.63) is 12.1 Å². The first kappa shape index (κ1) is 22.1. The van der Waals surface area contributed by atoms with Crippen molar-refractivity contribution in [2.24, 2.45) is 17.3 Å². The molecule has 4 saturated carbocycles. The number of nitrogens with zero attached hydrogens (tertiary/aromatic N) is 1. The molecule has 176 valence electrons. The van der Waals surface area contributed by atoms with Gasteiger partial charge in [0.15, 0.2) is 0 Å². The Morgan fingerprint density at radius 2 is 1.75 bits per heavy atom. The Morgan fingerprint density at radius 3 is 2.38 bits per heavy atom. The summed E-state index contributed by atoms with van der Waals surface area (Å²) < 4.78 is 17.5. The van der Waals surface area contributed by atoms with E-state index in [1.807, 2.05) is 26.0 Å². The number of hydrogen-bond donors (Lipinski definition) is 1. The smallest absolute Gasteiger partial charge is 0.230 e. The number of hydrogen-bond acceptors (Lipinski definition) is 5. The van der Waals surface area contributed by atoms with E-state index in [2.05, 4.69) is 10.2 Å². The van der Waals surface area contributed by atoms with Gasteiger partial charge in [-0.25, -0.2) is 0 Å². The molecule has 2 atom stereocenters. The zero-order valence-electron chi connectivity index (χ0n) is 19.3. The number of anilines is 2. The quantitative estimate of drug-likeness (QED) is 0.587. The molecule has 5 fully saturated rings. The average molecular weight is 463 g/mol. The summed E-state index contributed by atoms with van der Waals surface area (Å²) >= 11 is 6.98. The van der Waals surface area contributed by atoms with Crippen LogP contribution in [0.4, 0.5) is 11.4 Å². The molecule has 4 bridgehead atoms. The topological polar surface area (TPSA) is 60.0 Å². The van der Waals surface area contributed by atoms with Gasteiger partial charge in [0.2, 0.25) is 5.91 Å². The largest absolute Gasteiger partial charge is 0.492 e. The van der Waals surface area contributed by atoms with Crippen LogP contribution in [0.25, 0.3) is 0 Å². The molecule has 5 aliphatic rings. The summed E-state index contributed by atoms with van der Waals surface area (Å²) in [6, 6.07) is 3.95. The fourth-order valence-corrected chi connectivity index (χ4v) is 7.61. The molecule has 1 aromatic carbocycles. The first-order valence-electron chi connectivity index (χ1n) is 12.2. The number of carbonyl (C=O) groups is 1. The molecule has 1 aliphatic heterocycles. The van der Waals surface area contributed by atoms with Crippen molar-refractivity contribution in [3.63, 3.8) is 0 Å². The monoisotopic (exact) mass is 462 g/mol. The number of carbonyl (C=O) groups excluding carboxylic acids is 1. The Bertz CT molecular complexity index is 856. The summed E-state index contributed by atoms with van der Waals surface area (Å²) in [4.78, 5) is 15.8. The number of ether oxygens (including phenoxy) is 3. The second kappa shape index (κ2) is 8.60. The number of rotatable bonds is 7. The highest BCUT2D eigenvalue weighted by atomic mass is 35.5. The van der Waals surface area contributed by atoms with E-state index in [4.69, 9.17) is 25.8 Å². The number of halogens is 1. The zero-order valence-corrected chi connectivity index (χ0v) is 20.0. The molecule has 1 heterocycles. The third-order valence-corrected chi connectivity index (χ3v) is 8.17. The lowest BCUT2D eigenvalue weighted by molar-refractivity contribution is -0.138. The summed E-state index contributed by atoms with van der Waals surface area (Å²) in [5.74, 6) is 2.71. The number of amides is 1. The second-order valence-electron chi connectivity index (χ2n) is 10.1. The van der Waals surface area contributed by atoms with Gasteiger partial charge in [-0.1, -0.05) is 0 Å². The summed E-state index contributed by atoms with van der Waals surface area (Å²) in [6.45, 7) is 8.03. The minimum absolute atomic E-state index is 0.0964. The molecule has 1 aromatic rings. The third-order valence-electron chi connectivity index (χ3n) is 7.73. The van der Waals surface area contributed by atoms with Crippen LogP contribution in [0.5, 0.6) is 11.5 Å². The lowest BCUT2D eigenvalue weighted by atomic mass is 9.49. The van der Waals surface area contributed by atoms with Crippen molar-refractivity contribution >= 4 is 28.9 Å². The number of alkyl halides is 1. The Balaban J connectivity index is 1.44. The summed E-state index contributed by atoms with van der Waals surface area (Å²) in [5, 5.41) is 3.25. The molecule has 6 nitrogen and oxygen atoms in total. The fourth-order valence-electron chi connectivity index (χ4n) is 6.92. The average Bonchev–Trinajstić information content (AvgIpc) is 2.74. The van der Waals surface area contributed by atoms with Gasteiger partial charge in [0, 0.05) is 30.1 Å². The van der Waals surface area contributed by atoms with Crippen LogP contribution < -0.4 is 19.7 Å². The molecule has 6 rings (SSSR count). The van der Waals surface area contributed by atoms with Crippen molar-refractivity contribution < 1.29 is 19.0 Å². The van der Waals surface area contributed by atoms with Crippen LogP contribution >= 0.6 is 11.6 Å². The summed E-state index contributed by atoms with van der Waals surface area (Å²) in [6.07, 6.45) is 6.06. The van der Waals surface area contributed by atoms with Gasteiger partial charge >= 0.3 is 0 Å². The van der Waals surface area contributed by atoms with Crippen LogP contribution in [0, 0.1) is 17.3 Å². The van der Waals surface area contributed by atoms with Crippen molar-refractivity contribution in [2.45, 2.75) is 57.2 Å². The zero-order chi connectivity index (χ0) is 22.3. The lowest BCUT2D eigenvalue weighted by Crippen LogP contribution is -2.57. The van der Waals surface area contributed by atoms with Gasteiger partial charge in [-0.3, -0.25) is 4.79 Å². The molecular weight excluding hydrogens is 428 g/mol. The van der Waals surface area contributed by atoms with Gasteiger partial charge < -0.3 is 24.4 Å². The van der Waals surface area contributed by atoms with Crippen molar-refractivity contribution in [3.8, 4) is 11.5 Å². The molecule has 32 heavy (non-hydrogen) atoms. The Morgan fingerprint density at radius 1 is 1.09 bits per heavy atom. The van der Waals surface area contributed by atoms with Crippen LogP contribution in [0.15, 0.2) is 12.1 Å².